The number of benzene rings is 2. The molecule has 112 valence electrons. The molecular formula is C20H25Br. The highest BCUT2D eigenvalue weighted by atomic mass is 79.9. The highest BCUT2D eigenvalue weighted by Gasteiger charge is 2.10. The van der Waals surface area contributed by atoms with E-state index in [-0.39, 0.29) is 0 Å². The van der Waals surface area contributed by atoms with E-state index in [0.717, 1.165) is 12.8 Å². The molecule has 0 fully saturated rings. The van der Waals surface area contributed by atoms with Crippen molar-refractivity contribution in [2.24, 2.45) is 5.92 Å². The fourth-order valence-corrected chi connectivity index (χ4v) is 3.32. The van der Waals surface area contributed by atoms with Crippen LogP contribution < -0.4 is 0 Å². The molecule has 0 aliphatic heterocycles. The molecule has 0 radical (unpaired) electrons. The molecule has 2 rings (SSSR count). The Bertz CT molecular complexity index is 581. The predicted molar refractivity (Wildman–Crippen MR) is 96.3 cm³/mol. The van der Waals surface area contributed by atoms with Gasteiger partial charge in [0, 0.05) is 4.83 Å². The van der Waals surface area contributed by atoms with Crippen LogP contribution in [0.2, 0.25) is 0 Å². The van der Waals surface area contributed by atoms with E-state index in [0.29, 0.717) is 10.7 Å². The maximum absolute atomic E-state index is 3.86. The van der Waals surface area contributed by atoms with Gasteiger partial charge in [-0.3, -0.25) is 0 Å². The Kier molecular flexibility index (Phi) is 5.64. The van der Waals surface area contributed by atoms with Crippen LogP contribution in [0.5, 0.6) is 0 Å². The maximum atomic E-state index is 3.86. The number of halogens is 1. The lowest BCUT2D eigenvalue weighted by Crippen LogP contribution is -1.99. The third-order valence-corrected chi connectivity index (χ3v) is 4.74. The molecule has 0 bridgehead atoms. The molecule has 1 heteroatoms. The Morgan fingerprint density at radius 1 is 0.905 bits per heavy atom. The molecule has 0 saturated heterocycles. The van der Waals surface area contributed by atoms with E-state index in [1.807, 2.05) is 0 Å². The summed E-state index contributed by atoms with van der Waals surface area (Å²) in [5, 5.41) is 0. The summed E-state index contributed by atoms with van der Waals surface area (Å²) in [6, 6.07) is 15.8. The lowest BCUT2D eigenvalue weighted by atomic mass is 9.97. The first-order valence-electron chi connectivity index (χ1n) is 7.74. The standard InChI is InChI=1S/C20H25Br/c1-14(2)11-17-7-9-18(10-8-17)20(21)13-19-12-15(3)5-6-16(19)4/h5-10,12,14,20H,11,13H2,1-4H3. The highest BCUT2D eigenvalue weighted by Crippen LogP contribution is 2.29. The number of alkyl halides is 1. The van der Waals surface area contributed by atoms with E-state index in [4.69, 9.17) is 0 Å². The van der Waals surface area contributed by atoms with Gasteiger partial charge in [-0.2, -0.15) is 0 Å². The second-order valence-corrected chi connectivity index (χ2v) is 7.55. The van der Waals surface area contributed by atoms with Crippen LogP contribution in [0, 0.1) is 19.8 Å². The first-order chi connectivity index (χ1) is 9.95. The number of hydrogen-bond acceptors (Lipinski definition) is 0. The molecule has 0 heterocycles. The zero-order valence-corrected chi connectivity index (χ0v) is 15.1. The van der Waals surface area contributed by atoms with Gasteiger partial charge in [0.25, 0.3) is 0 Å². The summed E-state index contributed by atoms with van der Waals surface area (Å²) < 4.78 is 0. The van der Waals surface area contributed by atoms with E-state index in [1.54, 1.807) is 0 Å². The summed E-state index contributed by atoms with van der Waals surface area (Å²) in [5.41, 5.74) is 6.94. The monoisotopic (exact) mass is 344 g/mol. The zero-order valence-electron chi connectivity index (χ0n) is 13.5. The van der Waals surface area contributed by atoms with Gasteiger partial charge in [-0.1, -0.05) is 77.8 Å². The van der Waals surface area contributed by atoms with E-state index in [1.165, 1.54) is 27.8 Å². The summed E-state index contributed by atoms with van der Waals surface area (Å²) in [4.78, 5) is 0.381. The Balaban J connectivity index is 2.09. The van der Waals surface area contributed by atoms with Crippen LogP contribution in [-0.2, 0) is 12.8 Å². The van der Waals surface area contributed by atoms with E-state index >= 15 is 0 Å². The van der Waals surface area contributed by atoms with Gasteiger partial charge >= 0.3 is 0 Å². The third kappa shape index (κ3) is 4.71. The summed E-state index contributed by atoms with van der Waals surface area (Å²) in [6.07, 6.45) is 2.20. The van der Waals surface area contributed by atoms with Crippen LogP contribution in [0.25, 0.3) is 0 Å². The molecule has 0 N–H and O–H groups in total. The van der Waals surface area contributed by atoms with Crippen LogP contribution in [0.4, 0.5) is 0 Å². The molecule has 1 atom stereocenters. The fourth-order valence-electron chi connectivity index (χ4n) is 2.67. The number of hydrogen-bond donors (Lipinski definition) is 0. The highest BCUT2D eigenvalue weighted by molar-refractivity contribution is 9.09. The Morgan fingerprint density at radius 2 is 1.57 bits per heavy atom. The minimum absolute atomic E-state index is 0.381. The van der Waals surface area contributed by atoms with Crippen molar-refractivity contribution in [3.8, 4) is 0 Å². The Morgan fingerprint density at radius 3 is 2.19 bits per heavy atom. The number of aryl methyl sites for hydroxylation is 2. The van der Waals surface area contributed by atoms with Gasteiger partial charge in [0.1, 0.15) is 0 Å². The summed E-state index contributed by atoms with van der Waals surface area (Å²) in [6.45, 7) is 8.89. The van der Waals surface area contributed by atoms with Gasteiger partial charge in [-0.15, -0.1) is 0 Å². The molecule has 2 aromatic rings. The van der Waals surface area contributed by atoms with Crippen molar-refractivity contribution in [1.82, 2.24) is 0 Å². The van der Waals surface area contributed by atoms with E-state index in [2.05, 4.69) is 86.1 Å². The van der Waals surface area contributed by atoms with Crippen molar-refractivity contribution in [3.63, 3.8) is 0 Å². The molecule has 21 heavy (non-hydrogen) atoms. The van der Waals surface area contributed by atoms with Gasteiger partial charge in [0.15, 0.2) is 0 Å². The van der Waals surface area contributed by atoms with E-state index < -0.39 is 0 Å². The smallest absolute Gasteiger partial charge is 0.0435 e. The molecule has 0 saturated carbocycles. The molecule has 0 nitrogen and oxygen atoms in total. The van der Waals surface area contributed by atoms with Gasteiger partial charge in [0.2, 0.25) is 0 Å². The van der Waals surface area contributed by atoms with Crippen LogP contribution in [0.1, 0.15) is 46.5 Å². The molecule has 0 aliphatic carbocycles. The third-order valence-electron chi connectivity index (χ3n) is 3.89. The topological polar surface area (TPSA) is 0 Å². The maximum Gasteiger partial charge on any atom is 0.0435 e. The average Bonchev–Trinajstić information content (AvgIpc) is 2.43. The van der Waals surface area contributed by atoms with Crippen molar-refractivity contribution >= 4 is 15.9 Å². The van der Waals surface area contributed by atoms with Crippen LogP contribution in [0.15, 0.2) is 42.5 Å². The molecule has 0 spiro atoms. The van der Waals surface area contributed by atoms with Crippen molar-refractivity contribution in [2.45, 2.75) is 45.4 Å². The van der Waals surface area contributed by atoms with Crippen molar-refractivity contribution < 1.29 is 0 Å². The van der Waals surface area contributed by atoms with Gasteiger partial charge in [-0.25, -0.2) is 0 Å². The predicted octanol–water partition coefficient (Wildman–Crippen LogP) is 6.18. The SMILES string of the molecule is Cc1ccc(C)c(CC(Br)c2ccc(CC(C)C)cc2)c1. The molecule has 0 aromatic heterocycles. The second kappa shape index (κ2) is 7.26. The zero-order chi connectivity index (χ0) is 15.4. The number of rotatable bonds is 5. The summed E-state index contributed by atoms with van der Waals surface area (Å²) >= 11 is 3.86. The second-order valence-electron chi connectivity index (χ2n) is 6.44. The summed E-state index contributed by atoms with van der Waals surface area (Å²) in [7, 11) is 0. The van der Waals surface area contributed by atoms with E-state index in [9.17, 15) is 0 Å². The van der Waals surface area contributed by atoms with Gasteiger partial charge in [0.05, 0.1) is 0 Å². The van der Waals surface area contributed by atoms with Crippen molar-refractivity contribution in [1.29, 1.82) is 0 Å². The first kappa shape index (κ1) is 16.3. The van der Waals surface area contributed by atoms with Crippen LogP contribution in [0.3, 0.4) is 0 Å². The lowest BCUT2D eigenvalue weighted by molar-refractivity contribution is 0.647. The lowest BCUT2D eigenvalue weighted by Gasteiger charge is -2.14. The minimum Gasteiger partial charge on any atom is -0.0835 e. The summed E-state index contributed by atoms with van der Waals surface area (Å²) in [5.74, 6) is 0.713. The fraction of sp³-hybridized carbons (Fsp3) is 0.400. The molecule has 1 unspecified atom stereocenters. The normalized spacial score (nSPS) is 12.7. The minimum atomic E-state index is 0.381. The van der Waals surface area contributed by atoms with Gasteiger partial charge in [-0.05, 0) is 54.9 Å². The Labute approximate surface area is 137 Å². The van der Waals surface area contributed by atoms with Crippen molar-refractivity contribution in [3.05, 3.63) is 70.3 Å². The van der Waals surface area contributed by atoms with Crippen molar-refractivity contribution in [2.75, 3.05) is 0 Å². The van der Waals surface area contributed by atoms with Crippen LogP contribution >= 0.6 is 15.9 Å². The molecule has 2 aromatic carbocycles. The quantitative estimate of drug-likeness (QED) is 0.568. The van der Waals surface area contributed by atoms with Gasteiger partial charge < -0.3 is 0 Å². The Hall–Kier alpha value is -1.08. The average molecular weight is 345 g/mol. The first-order valence-corrected chi connectivity index (χ1v) is 8.66. The van der Waals surface area contributed by atoms with Crippen LogP contribution in [-0.4, -0.2) is 0 Å². The largest absolute Gasteiger partial charge is 0.0835 e. The molecular weight excluding hydrogens is 320 g/mol. The molecule has 0 amide bonds. The molecule has 0 aliphatic rings.